The van der Waals surface area contributed by atoms with Crippen LogP contribution in [0.25, 0.3) is 0 Å². The summed E-state index contributed by atoms with van der Waals surface area (Å²) in [5, 5.41) is 14.0. The predicted octanol–water partition coefficient (Wildman–Crippen LogP) is 23.8. The number of phosphoric ester groups is 1. The molecule has 0 aliphatic heterocycles. The number of likely N-dealkylation sites (N-methyl/N-ethyl adjacent to an activating group) is 1. The lowest BCUT2D eigenvalue weighted by molar-refractivity contribution is -0.870. The summed E-state index contributed by atoms with van der Waals surface area (Å²) in [7, 11) is 1.56. The molecule has 1 amide bonds. The summed E-state index contributed by atoms with van der Waals surface area (Å²) >= 11 is 0. The van der Waals surface area contributed by atoms with Crippen LogP contribution in [-0.2, 0) is 18.4 Å². The number of aliphatic hydroxyl groups is 1. The Bertz CT molecular complexity index is 1790. The van der Waals surface area contributed by atoms with Gasteiger partial charge in [-0.15, -0.1) is 0 Å². The van der Waals surface area contributed by atoms with Crippen molar-refractivity contribution in [3.8, 4) is 0 Å². The molecule has 0 bridgehead atoms. The molecular formula is C78H142N2O6P+. The Morgan fingerprint density at radius 3 is 1.01 bits per heavy atom. The van der Waals surface area contributed by atoms with Crippen molar-refractivity contribution in [1.29, 1.82) is 0 Å². The van der Waals surface area contributed by atoms with Crippen molar-refractivity contribution in [3.63, 3.8) is 0 Å². The number of rotatable bonds is 67. The number of nitrogens with one attached hydrogen (secondary N) is 1. The Morgan fingerprint density at radius 2 is 0.690 bits per heavy atom. The van der Waals surface area contributed by atoms with E-state index in [1.54, 1.807) is 6.08 Å². The van der Waals surface area contributed by atoms with Crippen LogP contribution in [0.5, 0.6) is 0 Å². The van der Waals surface area contributed by atoms with E-state index in [0.717, 1.165) is 96.3 Å². The lowest BCUT2D eigenvalue weighted by Crippen LogP contribution is -2.45. The van der Waals surface area contributed by atoms with Crippen molar-refractivity contribution < 1.29 is 32.9 Å². The lowest BCUT2D eigenvalue weighted by atomic mass is 10.0. The zero-order valence-electron chi connectivity index (χ0n) is 57.7. The fourth-order valence-corrected chi connectivity index (χ4v) is 11.3. The fourth-order valence-electron chi connectivity index (χ4n) is 10.6. The molecule has 0 aliphatic rings. The van der Waals surface area contributed by atoms with Gasteiger partial charge in [-0.2, -0.15) is 0 Å². The van der Waals surface area contributed by atoms with Crippen LogP contribution >= 0.6 is 7.82 Å². The van der Waals surface area contributed by atoms with E-state index in [1.165, 1.54) is 212 Å². The zero-order valence-corrected chi connectivity index (χ0v) is 58.6. The highest BCUT2D eigenvalue weighted by molar-refractivity contribution is 7.47. The Morgan fingerprint density at radius 1 is 0.402 bits per heavy atom. The monoisotopic (exact) mass is 1230 g/mol. The summed E-state index contributed by atoms with van der Waals surface area (Å²) in [5.41, 5.74) is 0. The number of aliphatic hydroxyl groups excluding tert-OH is 1. The van der Waals surface area contributed by atoms with Gasteiger partial charge in [-0.3, -0.25) is 13.8 Å². The molecule has 0 saturated carbocycles. The first kappa shape index (κ1) is 84.2. The molecule has 0 rings (SSSR count). The average molecular weight is 1230 g/mol. The van der Waals surface area contributed by atoms with E-state index in [4.69, 9.17) is 9.05 Å². The van der Waals surface area contributed by atoms with Crippen molar-refractivity contribution in [1.82, 2.24) is 5.32 Å². The number of nitrogens with zero attached hydrogens (tertiary/aromatic N) is 1. The second kappa shape index (κ2) is 67.6. The van der Waals surface area contributed by atoms with Gasteiger partial charge in [0.25, 0.3) is 0 Å². The van der Waals surface area contributed by atoms with Crippen molar-refractivity contribution >= 4 is 13.7 Å². The van der Waals surface area contributed by atoms with Crippen LogP contribution in [0, 0.1) is 0 Å². The zero-order chi connectivity index (χ0) is 63.4. The molecule has 0 saturated heterocycles. The maximum absolute atomic E-state index is 13.1. The highest BCUT2D eigenvalue weighted by atomic mass is 31.2. The van der Waals surface area contributed by atoms with Gasteiger partial charge in [0.2, 0.25) is 5.91 Å². The molecule has 0 spiro atoms. The highest BCUT2D eigenvalue weighted by Crippen LogP contribution is 2.43. The molecule has 0 fully saturated rings. The number of hydrogen-bond acceptors (Lipinski definition) is 5. The van der Waals surface area contributed by atoms with Gasteiger partial charge in [0.15, 0.2) is 0 Å². The molecule has 0 heterocycles. The average Bonchev–Trinajstić information content (AvgIpc) is 3.71. The van der Waals surface area contributed by atoms with Crippen LogP contribution in [-0.4, -0.2) is 73.4 Å². The number of amides is 1. The number of hydrogen-bond donors (Lipinski definition) is 3. The largest absolute Gasteiger partial charge is 0.472 e. The van der Waals surface area contributed by atoms with E-state index in [1.807, 2.05) is 27.2 Å². The third-order valence-corrected chi connectivity index (χ3v) is 17.2. The summed E-state index contributed by atoms with van der Waals surface area (Å²) in [4.78, 5) is 23.5. The molecule has 504 valence electrons. The fraction of sp³-hybridized carbons (Fsp3) is 0.756. The van der Waals surface area contributed by atoms with Crippen LogP contribution in [0.15, 0.2) is 109 Å². The Hall–Kier alpha value is -2.84. The number of carbonyl (C=O) groups excluding carboxylic acids is 1. The molecule has 0 aromatic rings. The Kier molecular flexibility index (Phi) is 65.3. The molecule has 0 radical (unpaired) electrons. The quantitative estimate of drug-likeness (QED) is 0.0243. The summed E-state index contributed by atoms with van der Waals surface area (Å²) < 4.78 is 23.8. The summed E-state index contributed by atoms with van der Waals surface area (Å²) in [6.07, 6.45) is 99.6. The summed E-state index contributed by atoms with van der Waals surface area (Å²) in [5.74, 6) is -0.186. The van der Waals surface area contributed by atoms with Crippen LogP contribution in [0.2, 0.25) is 0 Å². The molecule has 3 atom stereocenters. The minimum atomic E-state index is -4.37. The normalized spacial score (nSPS) is 14.2. The minimum absolute atomic E-state index is 0.0551. The SMILES string of the molecule is CC/C=C\C/C=C\C/C=C\C/C=C\C/C=C\C/C=C\C/C=C\C/C=C\CCCCCCCCCCC(=O)NC(COP(=O)(O)OCC[N+](C)(C)C)C(O)/C=C/CCCCCCCCCCCCCCCCCCCCCCCCCCCCCCCC. The van der Waals surface area contributed by atoms with E-state index in [0.29, 0.717) is 17.4 Å². The molecule has 3 unspecified atom stereocenters. The summed E-state index contributed by atoms with van der Waals surface area (Å²) in [6, 6.07) is -0.861. The van der Waals surface area contributed by atoms with Crippen molar-refractivity contribution in [2.75, 3.05) is 40.9 Å². The second-order valence-electron chi connectivity index (χ2n) is 25.9. The molecular weight excluding hydrogens is 1090 g/mol. The Labute approximate surface area is 540 Å². The third kappa shape index (κ3) is 70.5. The van der Waals surface area contributed by atoms with E-state index < -0.39 is 20.0 Å². The molecule has 8 nitrogen and oxygen atoms in total. The van der Waals surface area contributed by atoms with Gasteiger partial charge in [-0.25, -0.2) is 4.57 Å². The number of phosphoric acid groups is 1. The van der Waals surface area contributed by atoms with Gasteiger partial charge >= 0.3 is 7.82 Å². The van der Waals surface area contributed by atoms with Gasteiger partial charge in [-0.05, 0) is 83.5 Å². The summed E-state index contributed by atoms with van der Waals surface area (Å²) in [6.45, 7) is 4.72. The Balaban J connectivity index is 4.11. The number of allylic oxidation sites excluding steroid dienone is 17. The van der Waals surface area contributed by atoms with E-state index >= 15 is 0 Å². The van der Waals surface area contributed by atoms with Crippen LogP contribution in [0.1, 0.15) is 328 Å². The highest BCUT2D eigenvalue weighted by Gasteiger charge is 2.28. The first-order chi connectivity index (χ1) is 42.5. The third-order valence-electron chi connectivity index (χ3n) is 16.2. The number of unbranched alkanes of at least 4 members (excludes halogenated alkanes) is 38. The number of quaternary nitrogens is 1. The van der Waals surface area contributed by atoms with Gasteiger partial charge in [0, 0.05) is 6.42 Å². The van der Waals surface area contributed by atoms with Crippen LogP contribution in [0.3, 0.4) is 0 Å². The van der Waals surface area contributed by atoms with Crippen LogP contribution < -0.4 is 5.32 Å². The molecule has 0 aromatic carbocycles. The first-order valence-electron chi connectivity index (χ1n) is 36.8. The molecule has 0 aliphatic carbocycles. The molecule has 3 N–H and O–H groups in total. The van der Waals surface area contributed by atoms with Crippen LogP contribution in [0.4, 0.5) is 0 Å². The standard InChI is InChI=1S/C78H141N2O6P/c1-6-8-10-12-14-16-18-20-22-24-26-28-30-32-34-36-38-40-42-44-46-48-50-52-54-56-58-60-62-64-66-68-70-72-78(82)79-76(75-86-87(83,84)85-74-73-80(3,4)5)77(81)71-69-67-65-63-61-59-57-55-53-51-49-47-45-43-41-39-37-35-33-31-29-27-25-23-21-19-17-15-13-11-9-7-2/h8,10,14,16,20,22,26,28,32,34,38,40,44,46,50,52,69,71,76-77,81H,6-7,9,11-13,15,17-19,21,23-25,27,29-31,33,35-37,39,41-43,45,47-49,51,53-68,70,72-75H2,1-5H3,(H-,79,82,83,84)/p+1/b10-8-,16-14-,22-20-,28-26-,34-32-,40-38-,46-44-,52-50-,71-69+. The van der Waals surface area contributed by atoms with Crippen molar-refractivity contribution in [2.45, 2.75) is 341 Å². The second-order valence-corrected chi connectivity index (χ2v) is 27.4. The van der Waals surface area contributed by atoms with Crippen molar-refractivity contribution in [2.24, 2.45) is 0 Å². The van der Waals surface area contributed by atoms with Gasteiger partial charge < -0.3 is 19.8 Å². The molecule has 87 heavy (non-hydrogen) atoms. The van der Waals surface area contributed by atoms with Gasteiger partial charge in [-0.1, -0.05) is 348 Å². The molecule has 9 heteroatoms. The van der Waals surface area contributed by atoms with E-state index in [9.17, 15) is 19.4 Å². The molecule has 0 aromatic heterocycles. The van der Waals surface area contributed by atoms with Crippen molar-refractivity contribution in [3.05, 3.63) is 109 Å². The van der Waals surface area contributed by atoms with Gasteiger partial charge in [0.1, 0.15) is 13.2 Å². The first-order valence-corrected chi connectivity index (χ1v) is 38.3. The smallest absolute Gasteiger partial charge is 0.387 e. The maximum Gasteiger partial charge on any atom is 0.472 e. The van der Waals surface area contributed by atoms with E-state index in [-0.39, 0.29) is 19.1 Å². The minimum Gasteiger partial charge on any atom is -0.387 e. The van der Waals surface area contributed by atoms with E-state index in [2.05, 4.69) is 116 Å². The topological polar surface area (TPSA) is 105 Å². The maximum atomic E-state index is 13.1. The predicted molar refractivity (Wildman–Crippen MR) is 382 cm³/mol. The lowest BCUT2D eigenvalue weighted by Gasteiger charge is -2.25. The van der Waals surface area contributed by atoms with Gasteiger partial charge in [0.05, 0.1) is 39.9 Å². The number of carbonyl (C=O) groups is 1.